The Hall–Kier alpha value is -2.17. The van der Waals surface area contributed by atoms with Crippen LogP contribution in [0, 0.1) is 5.82 Å². The van der Waals surface area contributed by atoms with E-state index in [0.29, 0.717) is 5.02 Å². The van der Waals surface area contributed by atoms with Crippen LogP contribution in [0.5, 0.6) is 0 Å². The van der Waals surface area contributed by atoms with Gasteiger partial charge in [-0.15, -0.1) is 11.3 Å². The topological polar surface area (TPSA) is 15.6 Å². The van der Waals surface area contributed by atoms with Crippen molar-refractivity contribution >= 4 is 34.3 Å². The molecule has 0 bridgehead atoms. The van der Waals surface area contributed by atoms with Crippen molar-refractivity contribution < 1.29 is 4.39 Å². The first-order valence-corrected chi connectivity index (χ1v) is 8.88. The van der Waals surface area contributed by atoms with Crippen molar-refractivity contribution in [3.8, 4) is 0 Å². The number of hydrazone groups is 1. The standard InChI is InChI=1S/C19H14ClFN2S/c20-14-3-1-4-16(11-14)23-18(19-5-2-10-24-19)12-17(22-23)13-6-8-15(21)9-7-13/h1-11,18H,12H2/t18-/m1/s1. The molecule has 3 aromatic rings. The SMILES string of the molecule is Fc1ccc(C2=NN(c3cccc(Cl)c3)[C@@H](c3cccs3)C2)cc1. The van der Waals surface area contributed by atoms with E-state index in [4.69, 9.17) is 16.7 Å². The van der Waals surface area contributed by atoms with Crippen LogP contribution in [0.2, 0.25) is 5.02 Å². The van der Waals surface area contributed by atoms with Crippen molar-refractivity contribution in [3.63, 3.8) is 0 Å². The monoisotopic (exact) mass is 356 g/mol. The average Bonchev–Trinajstić information content (AvgIpc) is 3.25. The van der Waals surface area contributed by atoms with Gasteiger partial charge in [-0.25, -0.2) is 4.39 Å². The average molecular weight is 357 g/mol. The van der Waals surface area contributed by atoms with Crippen molar-refractivity contribution in [1.82, 2.24) is 0 Å². The maximum absolute atomic E-state index is 13.2. The van der Waals surface area contributed by atoms with Crippen LogP contribution in [-0.2, 0) is 0 Å². The third-order valence-electron chi connectivity index (χ3n) is 4.03. The zero-order chi connectivity index (χ0) is 16.5. The van der Waals surface area contributed by atoms with Gasteiger partial charge in [-0.1, -0.05) is 35.9 Å². The van der Waals surface area contributed by atoms with Crippen LogP contribution in [-0.4, -0.2) is 5.71 Å². The Morgan fingerprint density at radius 1 is 1.08 bits per heavy atom. The Morgan fingerprint density at radius 2 is 1.92 bits per heavy atom. The molecule has 0 aliphatic carbocycles. The van der Waals surface area contributed by atoms with Crippen molar-refractivity contribution in [2.24, 2.45) is 5.10 Å². The molecule has 2 nitrogen and oxygen atoms in total. The molecule has 24 heavy (non-hydrogen) atoms. The number of rotatable bonds is 3. The molecule has 0 saturated heterocycles. The smallest absolute Gasteiger partial charge is 0.123 e. The van der Waals surface area contributed by atoms with Crippen LogP contribution < -0.4 is 5.01 Å². The largest absolute Gasteiger partial charge is 0.257 e. The molecule has 0 saturated carbocycles. The molecule has 0 N–H and O–H groups in total. The molecule has 0 spiro atoms. The number of benzene rings is 2. The third kappa shape index (κ3) is 2.95. The number of anilines is 1. The van der Waals surface area contributed by atoms with Crippen LogP contribution in [0.25, 0.3) is 0 Å². The van der Waals surface area contributed by atoms with E-state index in [2.05, 4.69) is 11.4 Å². The molecule has 2 heterocycles. The first-order valence-electron chi connectivity index (χ1n) is 7.62. The summed E-state index contributed by atoms with van der Waals surface area (Å²) in [5.74, 6) is -0.237. The summed E-state index contributed by atoms with van der Waals surface area (Å²) in [5.41, 5.74) is 2.86. The Balaban J connectivity index is 1.75. The molecule has 0 radical (unpaired) electrons. The minimum atomic E-state index is -0.237. The third-order valence-corrected chi connectivity index (χ3v) is 5.24. The second-order valence-electron chi connectivity index (χ2n) is 5.61. The highest BCUT2D eigenvalue weighted by atomic mass is 35.5. The first-order chi connectivity index (χ1) is 11.7. The van der Waals surface area contributed by atoms with Gasteiger partial charge in [-0.05, 0) is 47.3 Å². The number of nitrogens with zero attached hydrogens (tertiary/aromatic N) is 2. The van der Waals surface area contributed by atoms with Gasteiger partial charge < -0.3 is 0 Å². The van der Waals surface area contributed by atoms with Crippen LogP contribution in [0.4, 0.5) is 10.1 Å². The van der Waals surface area contributed by atoms with Crippen LogP contribution in [0.15, 0.2) is 71.1 Å². The van der Waals surface area contributed by atoms with E-state index in [0.717, 1.165) is 23.4 Å². The summed E-state index contributed by atoms with van der Waals surface area (Å²) < 4.78 is 13.2. The van der Waals surface area contributed by atoms with Gasteiger partial charge >= 0.3 is 0 Å². The summed E-state index contributed by atoms with van der Waals surface area (Å²) in [5, 5.41) is 9.58. The molecular weight excluding hydrogens is 343 g/mol. The normalized spacial score (nSPS) is 17.2. The molecule has 2 aromatic carbocycles. The lowest BCUT2D eigenvalue weighted by atomic mass is 10.0. The van der Waals surface area contributed by atoms with Crippen molar-refractivity contribution in [2.75, 3.05) is 5.01 Å². The minimum absolute atomic E-state index is 0.128. The maximum atomic E-state index is 13.2. The predicted molar refractivity (Wildman–Crippen MR) is 98.5 cm³/mol. The van der Waals surface area contributed by atoms with E-state index >= 15 is 0 Å². The zero-order valence-electron chi connectivity index (χ0n) is 12.7. The Kier molecular flexibility index (Phi) is 4.08. The summed E-state index contributed by atoms with van der Waals surface area (Å²) in [6.45, 7) is 0. The van der Waals surface area contributed by atoms with E-state index in [1.54, 1.807) is 23.5 Å². The second-order valence-corrected chi connectivity index (χ2v) is 7.03. The van der Waals surface area contributed by atoms with Crippen LogP contribution in [0.1, 0.15) is 22.9 Å². The van der Waals surface area contributed by atoms with E-state index < -0.39 is 0 Å². The fraction of sp³-hybridized carbons (Fsp3) is 0.105. The predicted octanol–water partition coefficient (Wildman–Crippen LogP) is 5.90. The molecule has 1 aliphatic rings. The van der Waals surface area contributed by atoms with Crippen molar-refractivity contribution in [1.29, 1.82) is 0 Å². The van der Waals surface area contributed by atoms with E-state index in [9.17, 15) is 4.39 Å². The molecule has 0 unspecified atom stereocenters. The lowest BCUT2D eigenvalue weighted by Crippen LogP contribution is -2.17. The molecule has 4 rings (SSSR count). The van der Waals surface area contributed by atoms with Gasteiger partial charge in [0.05, 0.1) is 17.4 Å². The van der Waals surface area contributed by atoms with Gasteiger partial charge in [0.25, 0.3) is 0 Å². The summed E-state index contributed by atoms with van der Waals surface area (Å²) in [4.78, 5) is 1.25. The molecule has 0 fully saturated rings. The molecule has 0 amide bonds. The molecule has 5 heteroatoms. The Labute approximate surface area is 148 Å². The highest BCUT2D eigenvalue weighted by Gasteiger charge is 2.30. The number of hydrogen-bond acceptors (Lipinski definition) is 3. The Morgan fingerprint density at radius 3 is 2.62 bits per heavy atom. The van der Waals surface area contributed by atoms with Gasteiger partial charge in [0.2, 0.25) is 0 Å². The summed E-state index contributed by atoms with van der Waals surface area (Å²) in [7, 11) is 0. The fourth-order valence-electron chi connectivity index (χ4n) is 2.89. The van der Waals surface area contributed by atoms with Gasteiger partial charge in [0, 0.05) is 16.3 Å². The number of halogens is 2. The lowest BCUT2D eigenvalue weighted by Gasteiger charge is -2.22. The van der Waals surface area contributed by atoms with Gasteiger partial charge in [0.1, 0.15) is 5.82 Å². The zero-order valence-corrected chi connectivity index (χ0v) is 14.3. The molecule has 1 atom stereocenters. The van der Waals surface area contributed by atoms with Gasteiger partial charge in [-0.2, -0.15) is 5.10 Å². The highest BCUT2D eigenvalue weighted by Crippen LogP contribution is 2.39. The van der Waals surface area contributed by atoms with Crippen LogP contribution in [0.3, 0.4) is 0 Å². The van der Waals surface area contributed by atoms with Gasteiger partial charge in [0.15, 0.2) is 0 Å². The summed E-state index contributed by atoms with van der Waals surface area (Å²) in [6.07, 6.45) is 0.776. The molecule has 1 aliphatic heterocycles. The minimum Gasteiger partial charge on any atom is -0.257 e. The van der Waals surface area contributed by atoms with Gasteiger partial charge in [-0.3, -0.25) is 5.01 Å². The van der Waals surface area contributed by atoms with E-state index in [1.165, 1.54) is 17.0 Å². The maximum Gasteiger partial charge on any atom is 0.123 e. The van der Waals surface area contributed by atoms with Crippen LogP contribution >= 0.6 is 22.9 Å². The summed E-state index contributed by atoms with van der Waals surface area (Å²) in [6, 6.07) is 18.5. The van der Waals surface area contributed by atoms with Crippen molar-refractivity contribution in [2.45, 2.75) is 12.5 Å². The Bertz CT molecular complexity index is 875. The number of thiophene rings is 1. The quantitative estimate of drug-likeness (QED) is 0.570. The first kappa shape index (κ1) is 15.4. The highest BCUT2D eigenvalue weighted by molar-refractivity contribution is 7.10. The second kappa shape index (κ2) is 6.38. The molecule has 120 valence electrons. The molecular formula is C19H14ClFN2S. The number of hydrogen-bond donors (Lipinski definition) is 0. The lowest BCUT2D eigenvalue weighted by molar-refractivity contribution is 0.627. The fourth-order valence-corrected chi connectivity index (χ4v) is 3.88. The van der Waals surface area contributed by atoms with E-state index in [-0.39, 0.29) is 11.9 Å². The van der Waals surface area contributed by atoms with Crippen molar-refractivity contribution in [3.05, 3.63) is 87.3 Å². The summed E-state index contributed by atoms with van der Waals surface area (Å²) >= 11 is 7.87. The molecule has 1 aromatic heterocycles. The van der Waals surface area contributed by atoms with E-state index in [1.807, 2.05) is 35.3 Å².